The van der Waals surface area contributed by atoms with E-state index >= 15 is 0 Å². The van der Waals surface area contributed by atoms with E-state index in [0.29, 0.717) is 24.8 Å². The van der Waals surface area contributed by atoms with Gasteiger partial charge in [-0.2, -0.15) is 0 Å². The predicted molar refractivity (Wildman–Crippen MR) is 90.8 cm³/mol. The van der Waals surface area contributed by atoms with E-state index in [1.54, 1.807) is 0 Å². The third kappa shape index (κ3) is 5.50. The second kappa shape index (κ2) is 8.83. The number of nitrogens with one attached hydrogen (secondary N) is 1. The first-order chi connectivity index (χ1) is 9.97. The molecular formula is C18H30N2O. The van der Waals surface area contributed by atoms with Crippen LogP contribution in [0.5, 0.6) is 0 Å². The molecule has 0 unspecified atom stereocenters. The fraction of sp³-hybridized carbons (Fsp3) is 0.611. The Balaban J connectivity index is 2.82. The number of benzene rings is 1. The van der Waals surface area contributed by atoms with E-state index in [0.717, 1.165) is 24.9 Å². The highest BCUT2D eigenvalue weighted by Crippen LogP contribution is 2.32. The Morgan fingerprint density at radius 2 is 1.62 bits per heavy atom. The Labute approximate surface area is 129 Å². The molecule has 0 atom stereocenters. The number of para-hydroxylation sites is 1. The lowest BCUT2D eigenvalue weighted by atomic mass is 9.92. The molecule has 118 valence electrons. The maximum atomic E-state index is 12.2. The predicted octanol–water partition coefficient (Wildman–Crippen LogP) is 4.39. The van der Waals surface area contributed by atoms with Crippen molar-refractivity contribution in [1.29, 1.82) is 0 Å². The van der Waals surface area contributed by atoms with Crippen molar-refractivity contribution in [2.45, 2.75) is 65.2 Å². The number of hydrogen-bond donors (Lipinski definition) is 2. The summed E-state index contributed by atoms with van der Waals surface area (Å²) < 4.78 is 0. The zero-order valence-corrected chi connectivity index (χ0v) is 13.9. The Morgan fingerprint density at radius 1 is 1.05 bits per heavy atom. The summed E-state index contributed by atoms with van der Waals surface area (Å²) >= 11 is 0. The number of hydrogen-bond acceptors (Lipinski definition) is 2. The number of amides is 1. The molecule has 0 saturated carbocycles. The van der Waals surface area contributed by atoms with Crippen molar-refractivity contribution >= 4 is 11.6 Å². The molecule has 21 heavy (non-hydrogen) atoms. The van der Waals surface area contributed by atoms with Crippen LogP contribution in [0.4, 0.5) is 5.69 Å². The molecule has 3 nitrogen and oxygen atoms in total. The van der Waals surface area contributed by atoms with Crippen LogP contribution in [-0.2, 0) is 4.79 Å². The van der Waals surface area contributed by atoms with E-state index in [9.17, 15) is 4.79 Å². The lowest BCUT2D eigenvalue weighted by Crippen LogP contribution is -2.15. The molecular weight excluding hydrogens is 260 g/mol. The SMILES string of the molecule is CC(C)c1cccc(C(C)C)c1NC(=O)CCCCCN. The normalized spacial score (nSPS) is 11.2. The molecule has 3 N–H and O–H groups in total. The Bertz CT molecular complexity index is 426. The first kappa shape index (κ1) is 17.7. The molecule has 0 aromatic heterocycles. The zero-order valence-electron chi connectivity index (χ0n) is 13.9. The Morgan fingerprint density at radius 3 is 2.10 bits per heavy atom. The third-order valence-electron chi connectivity index (χ3n) is 3.75. The summed E-state index contributed by atoms with van der Waals surface area (Å²) in [6.45, 7) is 9.36. The standard InChI is InChI=1S/C18H30N2O/c1-13(2)15-9-8-10-16(14(3)4)18(15)20-17(21)11-6-5-7-12-19/h8-10,13-14H,5-7,11-12,19H2,1-4H3,(H,20,21). The highest BCUT2D eigenvalue weighted by atomic mass is 16.1. The third-order valence-corrected chi connectivity index (χ3v) is 3.75. The summed E-state index contributed by atoms with van der Waals surface area (Å²) in [6.07, 6.45) is 3.49. The number of unbranched alkanes of at least 4 members (excludes halogenated alkanes) is 2. The average Bonchev–Trinajstić information content (AvgIpc) is 2.43. The van der Waals surface area contributed by atoms with Gasteiger partial charge >= 0.3 is 0 Å². The van der Waals surface area contributed by atoms with E-state index in [1.165, 1.54) is 11.1 Å². The number of nitrogens with two attached hydrogens (primary N) is 1. The average molecular weight is 290 g/mol. The molecule has 0 spiro atoms. The van der Waals surface area contributed by atoms with Gasteiger partial charge in [0.25, 0.3) is 0 Å². The zero-order chi connectivity index (χ0) is 15.8. The largest absolute Gasteiger partial charge is 0.330 e. The molecule has 0 radical (unpaired) electrons. The highest BCUT2D eigenvalue weighted by molar-refractivity contribution is 5.92. The van der Waals surface area contributed by atoms with Crippen molar-refractivity contribution in [1.82, 2.24) is 0 Å². The van der Waals surface area contributed by atoms with E-state index in [2.05, 4.69) is 51.2 Å². The molecule has 1 rings (SSSR count). The van der Waals surface area contributed by atoms with Crippen LogP contribution in [0, 0.1) is 0 Å². The summed E-state index contributed by atoms with van der Waals surface area (Å²) in [6, 6.07) is 6.31. The molecule has 0 bridgehead atoms. The summed E-state index contributed by atoms with van der Waals surface area (Å²) in [5, 5.41) is 3.15. The molecule has 3 heteroatoms. The first-order valence-corrected chi connectivity index (χ1v) is 8.10. The van der Waals surface area contributed by atoms with Gasteiger partial charge in [-0.1, -0.05) is 52.3 Å². The van der Waals surface area contributed by atoms with Crippen molar-refractivity contribution in [3.8, 4) is 0 Å². The quantitative estimate of drug-likeness (QED) is 0.698. The molecule has 0 aliphatic carbocycles. The Hall–Kier alpha value is -1.35. The maximum absolute atomic E-state index is 12.2. The molecule has 1 amide bonds. The minimum Gasteiger partial charge on any atom is -0.330 e. The molecule has 1 aromatic rings. The number of carbonyl (C=O) groups is 1. The minimum absolute atomic E-state index is 0.113. The van der Waals surface area contributed by atoms with E-state index in [4.69, 9.17) is 5.73 Å². The molecule has 0 aliphatic heterocycles. The molecule has 0 saturated heterocycles. The van der Waals surface area contributed by atoms with Crippen molar-refractivity contribution in [2.75, 3.05) is 11.9 Å². The van der Waals surface area contributed by atoms with Crippen LogP contribution < -0.4 is 11.1 Å². The second-order valence-corrected chi connectivity index (χ2v) is 6.27. The smallest absolute Gasteiger partial charge is 0.224 e. The molecule has 0 heterocycles. The Kier molecular flexibility index (Phi) is 7.44. The fourth-order valence-corrected chi connectivity index (χ4v) is 2.50. The van der Waals surface area contributed by atoms with Gasteiger partial charge in [-0.25, -0.2) is 0 Å². The summed E-state index contributed by atoms with van der Waals surface area (Å²) in [5.74, 6) is 0.912. The highest BCUT2D eigenvalue weighted by Gasteiger charge is 2.15. The molecule has 0 aliphatic rings. The van der Waals surface area contributed by atoms with Crippen LogP contribution in [0.3, 0.4) is 0 Å². The molecule has 1 aromatic carbocycles. The minimum atomic E-state index is 0.113. The van der Waals surface area contributed by atoms with Crippen LogP contribution in [0.15, 0.2) is 18.2 Å². The van der Waals surface area contributed by atoms with Gasteiger partial charge < -0.3 is 11.1 Å². The topological polar surface area (TPSA) is 55.1 Å². The number of carbonyl (C=O) groups excluding carboxylic acids is 1. The van der Waals surface area contributed by atoms with Gasteiger partial charge in [0.2, 0.25) is 5.91 Å². The monoisotopic (exact) mass is 290 g/mol. The van der Waals surface area contributed by atoms with Crippen molar-refractivity contribution in [3.63, 3.8) is 0 Å². The van der Waals surface area contributed by atoms with Crippen LogP contribution in [0.1, 0.15) is 76.3 Å². The first-order valence-electron chi connectivity index (χ1n) is 8.10. The number of rotatable bonds is 8. The van der Waals surface area contributed by atoms with Crippen molar-refractivity contribution in [2.24, 2.45) is 5.73 Å². The maximum Gasteiger partial charge on any atom is 0.224 e. The van der Waals surface area contributed by atoms with Crippen LogP contribution in [0.2, 0.25) is 0 Å². The van der Waals surface area contributed by atoms with Gasteiger partial charge in [-0.05, 0) is 42.3 Å². The van der Waals surface area contributed by atoms with Crippen molar-refractivity contribution in [3.05, 3.63) is 29.3 Å². The summed E-state index contributed by atoms with van der Waals surface area (Å²) in [7, 11) is 0. The van der Waals surface area contributed by atoms with Crippen LogP contribution in [0.25, 0.3) is 0 Å². The van der Waals surface area contributed by atoms with Crippen LogP contribution >= 0.6 is 0 Å². The van der Waals surface area contributed by atoms with Gasteiger partial charge in [0.15, 0.2) is 0 Å². The van der Waals surface area contributed by atoms with Gasteiger partial charge in [-0.15, -0.1) is 0 Å². The van der Waals surface area contributed by atoms with Gasteiger partial charge in [0.1, 0.15) is 0 Å². The van der Waals surface area contributed by atoms with Gasteiger partial charge in [0.05, 0.1) is 0 Å². The lowest BCUT2D eigenvalue weighted by molar-refractivity contribution is -0.116. The van der Waals surface area contributed by atoms with Gasteiger partial charge in [-0.3, -0.25) is 4.79 Å². The molecule has 0 fully saturated rings. The summed E-state index contributed by atoms with van der Waals surface area (Å²) in [4.78, 5) is 12.2. The fourth-order valence-electron chi connectivity index (χ4n) is 2.50. The van der Waals surface area contributed by atoms with Crippen molar-refractivity contribution < 1.29 is 4.79 Å². The van der Waals surface area contributed by atoms with E-state index in [1.807, 2.05) is 0 Å². The van der Waals surface area contributed by atoms with Crippen LogP contribution in [-0.4, -0.2) is 12.5 Å². The lowest BCUT2D eigenvalue weighted by Gasteiger charge is -2.20. The van der Waals surface area contributed by atoms with Gasteiger partial charge in [0, 0.05) is 12.1 Å². The van der Waals surface area contributed by atoms with E-state index < -0.39 is 0 Å². The second-order valence-electron chi connectivity index (χ2n) is 6.27. The summed E-state index contributed by atoms with van der Waals surface area (Å²) in [5.41, 5.74) is 8.93. The number of anilines is 1. The van der Waals surface area contributed by atoms with E-state index in [-0.39, 0.29) is 5.91 Å².